The molecule has 0 saturated carbocycles. The molecule has 0 aromatic heterocycles. The number of amides is 1. The number of hydrogen-bond donors (Lipinski definition) is 4. The maximum Gasteiger partial charge on any atom is 0.224 e. The van der Waals surface area contributed by atoms with Crippen molar-refractivity contribution in [2.75, 3.05) is 26.8 Å². The molecule has 0 fully saturated rings. The maximum absolute atomic E-state index is 11.7. The lowest BCUT2D eigenvalue weighted by Gasteiger charge is -2.31. The second kappa shape index (κ2) is 6.76. The Labute approximate surface area is 90.9 Å². The monoisotopic (exact) mass is 218 g/mol. The Balaban J connectivity index is 4.34. The summed E-state index contributed by atoms with van der Waals surface area (Å²) in [7, 11) is 1.77. The van der Waals surface area contributed by atoms with E-state index in [0.29, 0.717) is 13.0 Å². The zero-order chi connectivity index (χ0) is 11.9. The van der Waals surface area contributed by atoms with Gasteiger partial charge in [-0.1, -0.05) is 13.8 Å². The lowest BCUT2D eigenvalue weighted by Crippen LogP contribution is -2.55. The van der Waals surface area contributed by atoms with Crippen LogP contribution < -0.4 is 10.6 Å². The normalized spacial score (nSPS) is 13.7. The lowest BCUT2D eigenvalue weighted by molar-refractivity contribution is -0.127. The van der Waals surface area contributed by atoms with Crippen molar-refractivity contribution in [2.45, 2.75) is 25.8 Å². The summed E-state index contributed by atoms with van der Waals surface area (Å²) in [6.45, 7) is 3.68. The highest BCUT2D eigenvalue weighted by atomic mass is 16.3. The molecule has 0 aromatic rings. The zero-order valence-electron chi connectivity index (χ0n) is 9.71. The lowest BCUT2D eigenvalue weighted by atomic mass is 9.97. The number of aliphatic hydroxyl groups excluding tert-OH is 2. The van der Waals surface area contributed by atoms with Crippen LogP contribution in [0.4, 0.5) is 0 Å². The van der Waals surface area contributed by atoms with Crippen LogP contribution in [0.3, 0.4) is 0 Å². The minimum absolute atomic E-state index is 0.158. The number of aliphatic hydroxyl groups is 2. The topological polar surface area (TPSA) is 81.6 Å². The predicted octanol–water partition coefficient (Wildman–Crippen LogP) is -0.908. The van der Waals surface area contributed by atoms with Crippen LogP contribution in [0.2, 0.25) is 0 Å². The quantitative estimate of drug-likeness (QED) is 0.446. The van der Waals surface area contributed by atoms with Crippen molar-refractivity contribution >= 4 is 5.91 Å². The van der Waals surface area contributed by atoms with E-state index in [0.717, 1.165) is 0 Å². The van der Waals surface area contributed by atoms with Crippen LogP contribution >= 0.6 is 0 Å². The van der Waals surface area contributed by atoms with Crippen LogP contribution in [0.15, 0.2) is 0 Å². The smallest absolute Gasteiger partial charge is 0.224 e. The first kappa shape index (κ1) is 14.3. The van der Waals surface area contributed by atoms with Gasteiger partial charge in [0.1, 0.15) is 0 Å². The second-order valence-corrected chi connectivity index (χ2v) is 3.90. The molecule has 0 rings (SSSR count). The minimum atomic E-state index is -0.890. The molecule has 5 nitrogen and oxygen atoms in total. The Kier molecular flexibility index (Phi) is 6.47. The van der Waals surface area contributed by atoms with Gasteiger partial charge < -0.3 is 20.8 Å². The highest BCUT2D eigenvalue weighted by Gasteiger charge is 2.29. The van der Waals surface area contributed by atoms with Gasteiger partial charge in [0.05, 0.1) is 18.8 Å². The van der Waals surface area contributed by atoms with Crippen molar-refractivity contribution in [1.29, 1.82) is 0 Å². The molecule has 1 amide bonds. The van der Waals surface area contributed by atoms with Crippen molar-refractivity contribution in [3.8, 4) is 0 Å². The van der Waals surface area contributed by atoms with E-state index >= 15 is 0 Å². The van der Waals surface area contributed by atoms with Crippen molar-refractivity contribution in [2.24, 2.45) is 5.92 Å². The number of carbonyl (C=O) groups excluding carboxylic acids is 1. The SMILES string of the molecule is CCC(CO)(CO)NC(=O)C(C)CNC. The summed E-state index contributed by atoms with van der Waals surface area (Å²) >= 11 is 0. The van der Waals surface area contributed by atoms with E-state index in [1.54, 1.807) is 14.0 Å². The van der Waals surface area contributed by atoms with Crippen molar-refractivity contribution in [1.82, 2.24) is 10.6 Å². The first-order valence-corrected chi connectivity index (χ1v) is 5.23. The van der Waals surface area contributed by atoms with E-state index in [1.165, 1.54) is 0 Å². The molecule has 0 heterocycles. The highest BCUT2D eigenvalue weighted by molar-refractivity contribution is 5.79. The standard InChI is InChI=1S/C10H22N2O3/c1-4-10(6-13,7-14)12-9(15)8(2)5-11-3/h8,11,13-14H,4-7H2,1-3H3,(H,12,15). The van der Waals surface area contributed by atoms with E-state index in [1.807, 2.05) is 6.92 Å². The van der Waals surface area contributed by atoms with Gasteiger partial charge in [0.25, 0.3) is 0 Å². The molecule has 0 aromatic carbocycles. The van der Waals surface area contributed by atoms with Gasteiger partial charge in [0.15, 0.2) is 0 Å². The third kappa shape index (κ3) is 4.15. The summed E-state index contributed by atoms with van der Waals surface area (Å²) in [6.07, 6.45) is 0.498. The molecular formula is C10H22N2O3. The minimum Gasteiger partial charge on any atom is -0.394 e. The van der Waals surface area contributed by atoms with Crippen LogP contribution in [0.1, 0.15) is 20.3 Å². The van der Waals surface area contributed by atoms with Crippen LogP contribution in [0, 0.1) is 5.92 Å². The third-order valence-electron chi connectivity index (χ3n) is 2.63. The number of hydrogen-bond acceptors (Lipinski definition) is 4. The van der Waals surface area contributed by atoms with Crippen LogP contribution in [-0.4, -0.2) is 48.5 Å². The van der Waals surface area contributed by atoms with E-state index in [9.17, 15) is 4.79 Å². The Morgan fingerprint density at radius 1 is 1.40 bits per heavy atom. The largest absolute Gasteiger partial charge is 0.394 e. The summed E-state index contributed by atoms with van der Waals surface area (Å²) in [5, 5.41) is 23.9. The molecule has 0 bridgehead atoms. The van der Waals surface area contributed by atoms with Crippen LogP contribution in [0.25, 0.3) is 0 Å². The molecule has 1 unspecified atom stereocenters. The summed E-state index contributed by atoms with van der Waals surface area (Å²) in [4.78, 5) is 11.7. The number of carbonyl (C=O) groups is 1. The van der Waals surface area contributed by atoms with Gasteiger partial charge >= 0.3 is 0 Å². The highest BCUT2D eigenvalue weighted by Crippen LogP contribution is 2.09. The Hall–Kier alpha value is -0.650. The summed E-state index contributed by atoms with van der Waals surface area (Å²) in [5.74, 6) is -0.340. The Morgan fingerprint density at radius 3 is 2.27 bits per heavy atom. The molecule has 5 heteroatoms. The molecule has 4 N–H and O–H groups in total. The zero-order valence-corrected chi connectivity index (χ0v) is 9.71. The molecule has 15 heavy (non-hydrogen) atoms. The molecule has 0 saturated heterocycles. The van der Waals surface area contributed by atoms with Gasteiger partial charge in [-0.3, -0.25) is 4.79 Å². The van der Waals surface area contributed by atoms with Gasteiger partial charge in [-0.25, -0.2) is 0 Å². The molecular weight excluding hydrogens is 196 g/mol. The van der Waals surface area contributed by atoms with Gasteiger partial charge in [0.2, 0.25) is 5.91 Å². The van der Waals surface area contributed by atoms with Crippen molar-refractivity contribution in [3.63, 3.8) is 0 Å². The molecule has 0 aliphatic rings. The maximum atomic E-state index is 11.7. The Morgan fingerprint density at radius 2 is 1.93 bits per heavy atom. The third-order valence-corrected chi connectivity index (χ3v) is 2.63. The molecule has 0 aliphatic heterocycles. The van der Waals surface area contributed by atoms with Gasteiger partial charge in [-0.2, -0.15) is 0 Å². The van der Waals surface area contributed by atoms with Gasteiger partial charge in [-0.05, 0) is 13.5 Å². The number of rotatable bonds is 7. The fourth-order valence-electron chi connectivity index (χ4n) is 1.22. The van der Waals surface area contributed by atoms with E-state index in [-0.39, 0.29) is 25.0 Å². The molecule has 0 aliphatic carbocycles. The summed E-state index contributed by atoms with van der Waals surface area (Å²) in [6, 6.07) is 0. The van der Waals surface area contributed by atoms with E-state index in [2.05, 4.69) is 10.6 Å². The molecule has 0 radical (unpaired) electrons. The molecule has 90 valence electrons. The molecule has 1 atom stereocenters. The van der Waals surface area contributed by atoms with Crippen LogP contribution in [0.5, 0.6) is 0 Å². The fourth-order valence-corrected chi connectivity index (χ4v) is 1.22. The van der Waals surface area contributed by atoms with E-state index < -0.39 is 5.54 Å². The van der Waals surface area contributed by atoms with Crippen molar-refractivity contribution < 1.29 is 15.0 Å². The summed E-state index contributed by atoms with van der Waals surface area (Å²) in [5.41, 5.74) is -0.890. The fraction of sp³-hybridized carbons (Fsp3) is 0.900. The van der Waals surface area contributed by atoms with Crippen LogP contribution in [-0.2, 0) is 4.79 Å². The van der Waals surface area contributed by atoms with E-state index in [4.69, 9.17) is 10.2 Å². The molecule has 0 spiro atoms. The average molecular weight is 218 g/mol. The number of nitrogens with one attached hydrogen (secondary N) is 2. The second-order valence-electron chi connectivity index (χ2n) is 3.90. The Bertz CT molecular complexity index is 185. The van der Waals surface area contributed by atoms with Gasteiger partial charge in [0, 0.05) is 12.5 Å². The average Bonchev–Trinajstić information content (AvgIpc) is 2.26. The predicted molar refractivity (Wildman–Crippen MR) is 58.4 cm³/mol. The summed E-state index contributed by atoms with van der Waals surface area (Å²) < 4.78 is 0. The van der Waals surface area contributed by atoms with Gasteiger partial charge in [-0.15, -0.1) is 0 Å². The van der Waals surface area contributed by atoms with Crippen molar-refractivity contribution in [3.05, 3.63) is 0 Å². The first-order valence-electron chi connectivity index (χ1n) is 5.23. The first-order chi connectivity index (χ1) is 7.05.